The topological polar surface area (TPSA) is 61.0 Å². The van der Waals surface area contributed by atoms with E-state index in [-0.39, 0.29) is 6.04 Å². The molecule has 0 aliphatic carbocycles. The first-order valence-electron chi connectivity index (χ1n) is 5.65. The van der Waals surface area contributed by atoms with Crippen molar-refractivity contribution in [3.05, 3.63) is 51.9 Å². The van der Waals surface area contributed by atoms with Crippen LogP contribution in [0.5, 0.6) is 5.88 Å². The van der Waals surface area contributed by atoms with Gasteiger partial charge in [0, 0.05) is 34.3 Å². The third-order valence-electron chi connectivity index (χ3n) is 2.65. The first kappa shape index (κ1) is 14.1. The molecule has 0 amide bonds. The number of ether oxygens (including phenoxy) is 1. The third kappa shape index (κ3) is 3.80. The highest BCUT2D eigenvalue weighted by Gasteiger charge is 2.10. The van der Waals surface area contributed by atoms with Gasteiger partial charge in [-0.2, -0.15) is 0 Å². The smallest absolute Gasteiger partial charge is 0.216 e. The molecule has 1 heterocycles. The van der Waals surface area contributed by atoms with E-state index in [1.54, 1.807) is 31.4 Å². The van der Waals surface area contributed by atoms with Crippen molar-refractivity contribution in [1.82, 2.24) is 9.97 Å². The summed E-state index contributed by atoms with van der Waals surface area (Å²) in [7, 11) is 1.56. The molecule has 0 bridgehead atoms. The predicted octanol–water partition coefficient (Wildman–Crippen LogP) is 3.03. The molecular formula is C13H13Cl2N3O. The molecule has 0 fully saturated rings. The SMILES string of the molecule is COc1cc(CC(N)c2cc(Cl)cc(Cl)c2)ncn1. The molecule has 0 radical (unpaired) electrons. The highest BCUT2D eigenvalue weighted by Crippen LogP contribution is 2.24. The second kappa shape index (κ2) is 6.19. The molecule has 1 aromatic heterocycles. The van der Waals surface area contributed by atoms with Gasteiger partial charge in [0.2, 0.25) is 5.88 Å². The summed E-state index contributed by atoms with van der Waals surface area (Å²) in [5, 5.41) is 1.14. The van der Waals surface area contributed by atoms with Gasteiger partial charge in [0.05, 0.1) is 7.11 Å². The predicted molar refractivity (Wildman–Crippen MR) is 75.7 cm³/mol. The van der Waals surface area contributed by atoms with E-state index < -0.39 is 0 Å². The minimum absolute atomic E-state index is 0.240. The van der Waals surface area contributed by atoms with Crippen molar-refractivity contribution < 1.29 is 4.74 Å². The molecule has 2 rings (SSSR count). The van der Waals surface area contributed by atoms with E-state index in [9.17, 15) is 0 Å². The fourth-order valence-corrected chi connectivity index (χ4v) is 2.28. The van der Waals surface area contributed by atoms with E-state index in [4.69, 9.17) is 33.7 Å². The summed E-state index contributed by atoms with van der Waals surface area (Å²) < 4.78 is 5.05. The Morgan fingerprint density at radius 1 is 1.16 bits per heavy atom. The minimum atomic E-state index is -0.240. The van der Waals surface area contributed by atoms with Gasteiger partial charge in [0.25, 0.3) is 0 Å². The zero-order valence-electron chi connectivity index (χ0n) is 10.3. The van der Waals surface area contributed by atoms with Crippen molar-refractivity contribution in [2.45, 2.75) is 12.5 Å². The number of hydrogen-bond acceptors (Lipinski definition) is 4. The van der Waals surface area contributed by atoms with Crippen LogP contribution >= 0.6 is 23.2 Å². The van der Waals surface area contributed by atoms with Gasteiger partial charge < -0.3 is 10.5 Å². The monoisotopic (exact) mass is 297 g/mol. The number of halogens is 2. The van der Waals surface area contributed by atoms with Crippen molar-refractivity contribution in [2.24, 2.45) is 5.73 Å². The Hall–Kier alpha value is -1.36. The molecule has 0 spiro atoms. The first-order valence-corrected chi connectivity index (χ1v) is 6.40. The van der Waals surface area contributed by atoms with Crippen LogP contribution in [0.25, 0.3) is 0 Å². The van der Waals surface area contributed by atoms with Crippen LogP contribution in [0.3, 0.4) is 0 Å². The van der Waals surface area contributed by atoms with Crippen molar-refractivity contribution in [1.29, 1.82) is 0 Å². The average Bonchev–Trinajstić information content (AvgIpc) is 2.37. The number of aromatic nitrogens is 2. The van der Waals surface area contributed by atoms with Gasteiger partial charge in [-0.05, 0) is 23.8 Å². The summed E-state index contributed by atoms with van der Waals surface area (Å²) in [5.74, 6) is 0.515. The van der Waals surface area contributed by atoms with E-state index in [1.165, 1.54) is 6.33 Å². The molecule has 2 N–H and O–H groups in total. The van der Waals surface area contributed by atoms with E-state index in [1.807, 2.05) is 0 Å². The number of benzene rings is 1. The van der Waals surface area contributed by atoms with Gasteiger partial charge in [-0.25, -0.2) is 9.97 Å². The highest BCUT2D eigenvalue weighted by atomic mass is 35.5. The van der Waals surface area contributed by atoms with Crippen molar-refractivity contribution in [3.8, 4) is 5.88 Å². The van der Waals surface area contributed by atoms with Crippen LogP contribution in [0, 0.1) is 0 Å². The summed E-state index contributed by atoms with van der Waals surface area (Å²) in [6.45, 7) is 0. The fraction of sp³-hybridized carbons (Fsp3) is 0.231. The number of hydrogen-bond donors (Lipinski definition) is 1. The van der Waals surface area contributed by atoms with Crippen LogP contribution in [0.1, 0.15) is 17.3 Å². The van der Waals surface area contributed by atoms with E-state index >= 15 is 0 Å². The number of methoxy groups -OCH3 is 1. The molecule has 0 saturated carbocycles. The van der Waals surface area contributed by atoms with Crippen LogP contribution < -0.4 is 10.5 Å². The Bertz CT molecular complexity index is 557. The first-order chi connectivity index (χ1) is 9.08. The van der Waals surface area contributed by atoms with Crippen LogP contribution in [-0.4, -0.2) is 17.1 Å². The Labute approximate surface area is 121 Å². The Balaban J connectivity index is 2.17. The van der Waals surface area contributed by atoms with Gasteiger partial charge in [0.15, 0.2) is 0 Å². The molecule has 0 aliphatic rings. The van der Waals surface area contributed by atoms with E-state index in [0.29, 0.717) is 22.3 Å². The summed E-state index contributed by atoms with van der Waals surface area (Å²) >= 11 is 11.9. The number of nitrogens with zero attached hydrogens (tertiary/aromatic N) is 2. The second-order valence-corrected chi connectivity index (χ2v) is 4.94. The Morgan fingerprint density at radius 2 is 1.84 bits per heavy atom. The summed E-state index contributed by atoms with van der Waals surface area (Å²) in [4.78, 5) is 8.11. The van der Waals surface area contributed by atoms with Crippen molar-refractivity contribution >= 4 is 23.2 Å². The average molecular weight is 298 g/mol. The lowest BCUT2D eigenvalue weighted by molar-refractivity contribution is 0.395. The maximum Gasteiger partial charge on any atom is 0.216 e. The normalized spacial score (nSPS) is 12.2. The lowest BCUT2D eigenvalue weighted by atomic mass is 10.0. The molecule has 4 nitrogen and oxygen atoms in total. The van der Waals surface area contributed by atoms with Crippen LogP contribution in [0.15, 0.2) is 30.6 Å². The Kier molecular flexibility index (Phi) is 4.58. The molecule has 6 heteroatoms. The van der Waals surface area contributed by atoms with Crippen LogP contribution in [-0.2, 0) is 6.42 Å². The zero-order valence-corrected chi connectivity index (χ0v) is 11.8. The van der Waals surface area contributed by atoms with Gasteiger partial charge in [-0.3, -0.25) is 0 Å². The Morgan fingerprint density at radius 3 is 2.47 bits per heavy atom. The highest BCUT2D eigenvalue weighted by molar-refractivity contribution is 6.34. The fourth-order valence-electron chi connectivity index (χ4n) is 1.73. The maximum atomic E-state index is 6.14. The van der Waals surface area contributed by atoms with Gasteiger partial charge in [-0.15, -0.1) is 0 Å². The lowest BCUT2D eigenvalue weighted by Crippen LogP contribution is -2.14. The molecule has 2 aromatic rings. The summed E-state index contributed by atoms with van der Waals surface area (Å²) in [6, 6.07) is 6.79. The van der Waals surface area contributed by atoms with E-state index in [0.717, 1.165) is 11.3 Å². The molecule has 1 aromatic carbocycles. The second-order valence-electron chi connectivity index (χ2n) is 4.07. The van der Waals surface area contributed by atoms with Gasteiger partial charge in [-0.1, -0.05) is 23.2 Å². The lowest BCUT2D eigenvalue weighted by Gasteiger charge is -2.12. The molecule has 100 valence electrons. The number of nitrogens with two attached hydrogens (primary N) is 1. The summed E-state index contributed by atoms with van der Waals surface area (Å²) in [6.07, 6.45) is 2.00. The quantitative estimate of drug-likeness (QED) is 0.942. The van der Waals surface area contributed by atoms with Crippen LogP contribution in [0.4, 0.5) is 0 Å². The third-order valence-corrected chi connectivity index (χ3v) is 3.09. The van der Waals surface area contributed by atoms with Gasteiger partial charge in [0.1, 0.15) is 6.33 Å². The maximum absolute atomic E-state index is 6.14. The van der Waals surface area contributed by atoms with Crippen molar-refractivity contribution in [3.63, 3.8) is 0 Å². The molecule has 1 unspecified atom stereocenters. The summed E-state index contributed by atoms with van der Waals surface area (Å²) in [5.41, 5.74) is 7.81. The molecule has 0 saturated heterocycles. The molecule has 0 aliphatic heterocycles. The van der Waals surface area contributed by atoms with Crippen molar-refractivity contribution in [2.75, 3.05) is 7.11 Å². The molecule has 19 heavy (non-hydrogen) atoms. The number of rotatable bonds is 4. The minimum Gasteiger partial charge on any atom is -0.481 e. The largest absolute Gasteiger partial charge is 0.481 e. The van der Waals surface area contributed by atoms with Gasteiger partial charge >= 0.3 is 0 Å². The zero-order chi connectivity index (χ0) is 13.8. The molecular weight excluding hydrogens is 285 g/mol. The standard InChI is InChI=1S/C13H13Cl2N3O/c1-19-13-6-11(17-7-18-13)5-12(16)8-2-9(14)4-10(15)3-8/h2-4,6-7,12H,5,16H2,1H3. The van der Waals surface area contributed by atoms with E-state index in [2.05, 4.69) is 9.97 Å². The van der Waals surface area contributed by atoms with Crippen LogP contribution in [0.2, 0.25) is 10.0 Å². The molecule has 1 atom stereocenters.